The number of anilines is 1. The Morgan fingerprint density at radius 1 is 1.21 bits per heavy atom. The van der Waals surface area contributed by atoms with E-state index in [1.807, 2.05) is 17.7 Å². The molecule has 0 spiro atoms. The lowest BCUT2D eigenvalue weighted by molar-refractivity contribution is -0.117. The molecule has 3 aromatic rings. The number of amides is 1. The van der Waals surface area contributed by atoms with Crippen molar-refractivity contribution in [2.45, 2.75) is 51.6 Å². The Bertz CT molecular complexity index is 974. The lowest BCUT2D eigenvalue weighted by atomic mass is 9.96. The van der Waals surface area contributed by atoms with E-state index >= 15 is 0 Å². The third-order valence-electron chi connectivity index (χ3n) is 4.90. The van der Waals surface area contributed by atoms with Crippen LogP contribution in [0.1, 0.15) is 43.8 Å². The number of carbonyl (C=O) groups is 1. The van der Waals surface area contributed by atoms with Gasteiger partial charge in [0.15, 0.2) is 0 Å². The highest BCUT2D eigenvalue weighted by atomic mass is 19.1. The van der Waals surface area contributed by atoms with Crippen molar-refractivity contribution in [3.63, 3.8) is 0 Å². The van der Waals surface area contributed by atoms with Gasteiger partial charge in [-0.15, -0.1) is 10.2 Å². The fraction of sp³-hybridized carbons (Fsp3) is 0.421. The molecule has 0 saturated heterocycles. The summed E-state index contributed by atoms with van der Waals surface area (Å²) < 4.78 is 15.8. The Morgan fingerprint density at radius 3 is 2.79 bits per heavy atom. The van der Waals surface area contributed by atoms with E-state index in [9.17, 15) is 9.18 Å². The van der Waals surface area contributed by atoms with Gasteiger partial charge in [0.25, 0.3) is 0 Å². The van der Waals surface area contributed by atoms with Gasteiger partial charge in [0.1, 0.15) is 18.2 Å². The molecule has 0 atom stereocenters. The maximum atomic E-state index is 13.9. The topological polar surface area (TPSA) is 90.5 Å². The normalized spacial score (nSPS) is 14.9. The molecule has 4 rings (SSSR count). The summed E-state index contributed by atoms with van der Waals surface area (Å²) in [4.78, 5) is 13.6. The summed E-state index contributed by atoms with van der Waals surface area (Å²) in [5, 5.41) is 19.3. The SMILES string of the molecule is Cc1cc(NC(=O)Cn2nnc(-c3ccccc3F)n2)n(C2CCCCC2)n1. The number of tetrazole rings is 1. The highest BCUT2D eigenvalue weighted by Crippen LogP contribution is 2.30. The minimum atomic E-state index is -0.432. The first-order chi connectivity index (χ1) is 13.6. The molecule has 0 bridgehead atoms. The minimum Gasteiger partial charge on any atom is -0.309 e. The quantitative estimate of drug-likeness (QED) is 0.731. The van der Waals surface area contributed by atoms with Gasteiger partial charge in [-0.1, -0.05) is 31.4 Å². The summed E-state index contributed by atoms with van der Waals surface area (Å²) in [7, 11) is 0. The van der Waals surface area contributed by atoms with Crippen LogP contribution in [-0.4, -0.2) is 35.9 Å². The molecule has 1 aliphatic carbocycles. The Kier molecular flexibility index (Phi) is 5.14. The zero-order valence-electron chi connectivity index (χ0n) is 15.7. The van der Waals surface area contributed by atoms with E-state index in [-0.39, 0.29) is 23.8 Å². The molecule has 28 heavy (non-hydrogen) atoms. The number of hydrogen-bond acceptors (Lipinski definition) is 5. The molecule has 1 aliphatic rings. The summed E-state index contributed by atoms with van der Waals surface area (Å²) in [6.45, 7) is 1.80. The summed E-state index contributed by atoms with van der Waals surface area (Å²) in [5.41, 5.74) is 1.11. The maximum absolute atomic E-state index is 13.9. The standard InChI is InChI=1S/C19H22FN7O/c1-13-11-17(27(23-13)14-7-3-2-4-8-14)21-18(28)12-26-24-19(22-25-26)15-9-5-6-10-16(15)20/h5-6,9-11,14H,2-4,7-8,12H2,1H3,(H,21,28). The highest BCUT2D eigenvalue weighted by molar-refractivity contribution is 5.89. The second kappa shape index (κ2) is 7.87. The number of halogens is 1. The van der Waals surface area contributed by atoms with E-state index in [1.165, 1.54) is 25.3 Å². The summed E-state index contributed by atoms with van der Waals surface area (Å²) >= 11 is 0. The second-order valence-corrected chi connectivity index (χ2v) is 7.08. The van der Waals surface area contributed by atoms with Crippen LogP contribution in [0.5, 0.6) is 0 Å². The molecule has 1 saturated carbocycles. The zero-order valence-corrected chi connectivity index (χ0v) is 15.7. The van der Waals surface area contributed by atoms with Gasteiger partial charge in [-0.25, -0.2) is 9.07 Å². The predicted molar refractivity (Wildman–Crippen MR) is 101 cm³/mol. The number of benzene rings is 1. The van der Waals surface area contributed by atoms with Crippen LogP contribution in [0, 0.1) is 12.7 Å². The van der Waals surface area contributed by atoms with Gasteiger partial charge < -0.3 is 5.32 Å². The Balaban J connectivity index is 1.45. The third kappa shape index (κ3) is 3.92. The van der Waals surface area contributed by atoms with E-state index < -0.39 is 5.82 Å². The Hall–Kier alpha value is -3.10. The first-order valence-corrected chi connectivity index (χ1v) is 9.49. The lowest BCUT2D eigenvalue weighted by Gasteiger charge is -2.23. The van der Waals surface area contributed by atoms with Crippen molar-refractivity contribution in [3.8, 4) is 11.4 Å². The van der Waals surface area contributed by atoms with Crippen molar-refractivity contribution in [1.82, 2.24) is 30.0 Å². The molecule has 1 N–H and O–H groups in total. The van der Waals surface area contributed by atoms with Crippen molar-refractivity contribution in [3.05, 3.63) is 41.8 Å². The maximum Gasteiger partial charge on any atom is 0.249 e. The van der Waals surface area contributed by atoms with Crippen LogP contribution >= 0.6 is 0 Å². The molecular formula is C19H22FN7O. The number of rotatable bonds is 5. The Labute approximate surface area is 161 Å². The number of nitrogens with zero attached hydrogens (tertiary/aromatic N) is 6. The molecule has 8 nitrogen and oxygen atoms in total. The highest BCUT2D eigenvalue weighted by Gasteiger charge is 2.21. The van der Waals surface area contributed by atoms with Crippen LogP contribution in [-0.2, 0) is 11.3 Å². The lowest BCUT2D eigenvalue weighted by Crippen LogP contribution is -2.24. The Morgan fingerprint density at radius 2 is 2.00 bits per heavy atom. The number of hydrogen-bond donors (Lipinski definition) is 1. The second-order valence-electron chi connectivity index (χ2n) is 7.08. The van der Waals surface area contributed by atoms with Crippen LogP contribution in [0.4, 0.5) is 10.2 Å². The monoisotopic (exact) mass is 383 g/mol. The van der Waals surface area contributed by atoms with Gasteiger partial charge in [0, 0.05) is 6.07 Å². The molecule has 0 radical (unpaired) electrons. The molecular weight excluding hydrogens is 361 g/mol. The fourth-order valence-electron chi connectivity index (χ4n) is 3.59. The van der Waals surface area contributed by atoms with Crippen molar-refractivity contribution in [2.24, 2.45) is 0 Å². The molecule has 0 unspecified atom stereocenters. The number of aryl methyl sites for hydroxylation is 1. The van der Waals surface area contributed by atoms with Crippen LogP contribution in [0.3, 0.4) is 0 Å². The molecule has 2 heterocycles. The summed E-state index contributed by atoms with van der Waals surface area (Å²) in [6, 6.07) is 8.37. The van der Waals surface area contributed by atoms with Crippen LogP contribution in [0.2, 0.25) is 0 Å². The molecule has 1 amide bonds. The fourth-order valence-corrected chi connectivity index (χ4v) is 3.59. The molecule has 0 aliphatic heterocycles. The van der Waals surface area contributed by atoms with Crippen LogP contribution < -0.4 is 5.32 Å². The summed E-state index contributed by atoms with van der Waals surface area (Å²) in [6.07, 6.45) is 5.75. The molecule has 1 aromatic carbocycles. The average molecular weight is 383 g/mol. The number of aromatic nitrogens is 6. The van der Waals surface area contributed by atoms with E-state index in [0.29, 0.717) is 11.9 Å². The molecule has 9 heteroatoms. The van der Waals surface area contributed by atoms with E-state index in [2.05, 4.69) is 25.8 Å². The third-order valence-corrected chi connectivity index (χ3v) is 4.90. The smallest absolute Gasteiger partial charge is 0.249 e. The number of carbonyl (C=O) groups excluding carboxylic acids is 1. The van der Waals surface area contributed by atoms with E-state index in [0.717, 1.165) is 23.3 Å². The van der Waals surface area contributed by atoms with Crippen molar-refractivity contribution >= 4 is 11.7 Å². The minimum absolute atomic E-state index is 0.115. The molecule has 146 valence electrons. The summed E-state index contributed by atoms with van der Waals surface area (Å²) in [5.74, 6) is 0.116. The number of nitrogens with one attached hydrogen (secondary N) is 1. The van der Waals surface area contributed by atoms with Crippen molar-refractivity contribution in [1.29, 1.82) is 0 Å². The van der Waals surface area contributed by atoms with Crippen molar-refractivity contribution in [2.75, 3.05) is 5.32 Å². The van der Waals surface area contributed by atoms with Gasteiger partial charge in [0.05, 0.1) is 17.3 Å². The van der Waals surface area contributed by atoms with E-state index in [1.54, 1.807) is 18.2 Å². The van der Waals surface area contributed by atoms with Gasteiger partial charge in [0.2, 0.25) is 11.7 Å². The van der Waals surface area contributed by atoms with E-state index in [4.69, 9.17) is 0 Å². The van der Waals surface area contributed by atoms with Crippen LogP contribution in [0.15, 0.2) is 30.3 Å². The molecule has 2 aromatic heterocycles. The average Bonchev–Trinajstić information content (AvgIpc) is 3.29. The first kappa shape index (κ1) is 18.3. The molecule has 1 fully saturated rings. The van der Waals surface area contributed by atoms with Gasteiger partial charge in [-0.3, -0.25) is 4.79 Å². The van der Waals surface area contributed by atoms with Crippen LogP contribution in [0.25, 0.3) is 11.4 Å². The van der Waals surface area contributed by atoms with Crippen molar-refractivity contribution < 1.29 is 9.18 Å². The first-order valence-electron chi connectivity index (χ1n) is 9.49. The van der Waals surface area contributed by atoms with Gasteiger partial charge >= 0.3 is 0 Å². The van der Waals surface area contributed by atoms with Gasteiger partial charge in [-0.2, -0.15) is 9.90 Å². The zero-order chi connectivity index (χ0) is 19.5. The predicted octanol–water partition coefficient (Wildman–Crippen LogP) is 3.13. The largest absolute Gasteiger partial charge is 0.309 e. The van der Waals surface area contributed by atoms with Gasteiger partial charge in [-0.05, 0) is 37.1 Å².